The minimum atomic E-state index is -2.55. The van der Waals surface area contributed by atoms with Crippen LogP contribution in [-0.4, -0.2) is 0 Å². The van der Waals surface area contributed by atoms with Gasteiger partial charge in [0.25, 0.3) is 6.43 Å². The summed E-state index contributed by atoms with van der Waals surface area (Å²) < 4.78 is 24.8. The van der Waals surface area contributed by atoms with Crippen LogP contribution in [0.3, 0.4) is 0 Å². The highest BCUT2D eigenvalue weighted by molar-refractivity contribution is 6.17. The predicted molar refractivity (Wildman–Crippen MR) is 48.8 cm³/mol. The Hall–Kier alpha value is -0.870. The lowest BCUT2D eigenvalue weighted by Crippen LogP contribution is -2.09. The lowest BCUT2D eigenvalue weighted by Gasteiger charge is -2.08. The third-order valence-electron chi connectivity index (χ3n) is 1.66. The summed E-state index contributed by atoms with van der Waals surface area (Å²) in [7, 11) is 0. The van der Waals surface area contributed by atoms with Crippen molar-refractivity contribution in [3.05, 3.63) is 29.3 Å². The largest absolute Gasteiger partial charge is 0.324 e. The molecule has 0 aliphatic rings. The number of nitrogens with one attached hydrogen (secondary N) is 1. The molecular formula is C8H9ClF2N2. The fourth-order valence-corrected chi connectivity index (χ4v) is 1.17. The van der Waals surface area contributed by atoms with Gasteiger partial charge in [-0.1, -0.05) is 6.07 Å². The summed E-state index contributed by atoms with van der Waals surface area (Å²) in [4.78, 5) is 0. The molecule has 0 unspecified atom stereocenters. The van der Waals surface area contributed by atoms with E-state index in [4.69, 9.17) is 17.4 Å². The topological polar surface area (TPSA) is 38.0 Å². The van der Waals surface area contributed by atoms with Gasteiger partial charge in [0.05, 0.1) is 5.69 Å². The molecule has 0 heterocycles. The van der Waals surface area contributed by atoms with Gasteiger partial charge in [-0.3, -0.25) is 5.84 Å². The normalized spacial score (nSPS) is 10.5. The number of hydrazine groups is 1. The zero-order valence-corrected chi connectivity index (χ0v) is 7.48. The molecule has 1 aromatic carbocycles. The van der Waals surface area contributed by atoms with Crippen LogP contribution in [0.25, 0.3) is 0 Å². The van der Waals surface area contributed by atoms with Crippen LogP contribution in [0, 0.1) is 0 Å². The van der Waals surface area contributed by atoms with Gasteiger partial charge in [-0.25, -0.2) is 8.78 Å². The number of benzene rings is 1. The lowest BCUT2D eigenvalue weighted by atomic mass is 10.1. The molecule has 1 aromatic rings. The van der Waals surface area contributed by atoms with Crippen LogP contribution in [0.2, 0.25) is 0 Å². The van der Waals surface area contributed by atoms with Gasteiger partial charge in [-0.2, -0.15) is 0 Å². The van der Waals surface area contributed by atoms with Crippen LogP contribution in [0.1, 0.15) is 17.6 Å². The molecule has 72 valence electrons. The summed E-state index contributed by atoms with van der Waals surface area (Å²) in [5.74, 6) is 5.28. The van der Waals surface area contributed by atoms with E-state index in [0.717, 1.165) is 0 Å². The molecule has 0 bridgehead atoms. The Labute approximate surface area is 79.7 Å². The van der Waals surface area contributed by atoms with Gasteiger partial charge < -0.3 is 5.43 Å². The Morgan fingerprint density at radius 2 is 2.15 bits per heavy atom. The smallest absolute Gasteiger partial charge is 0.265 e. The van der Waals surface area contributed by atoms with Gasteiger partial charge in [0.1, 0.15) is 0 Å². The number of hydrogen-bond donors (Lipinski definition) is 2. The van der Waals surface area contributed by atoms with Crippen molar-refractivity contribution in [1.29, 1.82) is 0 Å². The maximum atomic E-state index is 12.4. The van der Waals surface area contributed by atoms with E-state index < -0.39 is 6.43 Å². The Bertz CT molecular complexity index is 291. The van der Waals surface area contributed by atoms with Crippen molar-refractivity contribution in [2.45, 2.75) is 12.3 Å². The van der Waals surface area contributed by atoms with E-state index in [1.165, 1.54) is 12.1 Å². The molecule has 3 N–H and O–H groups in total. The lowest BCUT2D eigenvalue weighted by molar-refractivity contribution is 0.152. The second-order valence-corrected chi connectivity index (χ2v) is 2.77. The summed E-state index contributed by atoms with van der Waals surface area (Å²) in [6.45, 7) is 0. The van der Waals surface area contributed by atoms with Crippen LogP contribution >= 0.6 is 11.6 Å². The van der Waals surface area contributed by atoms with Crippen LogP contribution in [-0.2, 0) is 5.88 Å². The molecule has 0 radical (unpaired) electrons. The number of nitrogens with two attached hydrogens (primary N) is 1. The standard InChI is InChI=1S/C8H9ClF2N2/c9-4-5-1-2-7(13-12)6(3-5)8(10)11/h1-3,8,13H,4,12H2. The minimum absolute atomic E-state index is 0.124. The van der Waals surface area contributed by atoms with E-state index in [1.807, 2.05) is 0 Å². The Morgan fingerprint density at radius 1 is 1.46 bits per heavy atom. The molecule has 2 nitrogen and oxygen atoms in total. The van der Waals surface area contributed by atoms with Gasteiger partial charge in [0, 0.05) is 11.4 Å². The third-order valence-corrected chi connectivity index (χ3v) is 1.97. The van der Waals surface area contributed by atoms with E-state index in [9.17, 15) is 8.78 Å². The summed E-state index contributed by atoms with van der Waals surface area (Å²) in [5.41, 5.74) is 2.96. The molecule has 0 atom stereocenters. The molecule has 0 aliphatic carbocycles. The summed E-state index contributed by atoms with van der Waals surface area (Å²) in [6, 6.07) is 4.47. The van der Waals surface area contributed by atoms with E-state index in [0.29, 0.717) is 5.56 Å². The van der Waals surface area contributed by atoms with Gasteiger partial charge in [-0.15, -0.1) is 11.6 Å². The van der Waals surface area contributed by atoms with Crippen LogP contribution in [0.4, 0.5) is 14.5 Å². The highest BCUT2D eigenvalue weighted by Gasteiger charge is 2.12. The second kappa shape index (κ2) is 4.39. The first-order valence-corrected chi connectivity index (χ1v) is 4.16. The van der Waals surface area contributed by atoms with Crippen molar-refractivity contribution in [3.8, 4) is 0 Å². The quantitative estimate of drug-likeness (QED) is 0.453. The van der Waals surface area contributed by atoms with Gasteiger partial charge in [0.2, 0.25) is 0 Å². The summed E-state index contributed by atoms with van der Waals surface area (Å²) >= 11 is 5.50. The van der Waals surface area contributed by atoms with Crippen LogP contribution < -0.4 is 11.3 Å². The average molecular weight is 207 g/mol. The highest BCUT2D eigenvalue weighted by Crippen LogP contribution is 2.27. The first-order chi connectivity index (χ1) is 6.19. The molecular weight excluding hydrogens is 198 g/mol. The van der Waals surface area contributed by atoms with E-state index in [-0.39, 0.29) is 17.1 Å². The molecule has 0 aliphatic heterocycles. The summed E-state index contributed by atoms with van der Waals surface area (Å²) in [5, 5.41) is 0. The molecule has 0 amide bonds. The van der Waals surface area contributed by atoms with Crippen molar-refractivity contribution in [2.75, 3.05) is 5.43 Å². The Balaban J connectivity index is 3.10. The predicted octanol–water partition coefficient (Wildman–Crippen LogP) is 2.65. The molecule has 0 fully saturated rings. The van der Waals surface area contributed by atoms with E-state index >= 15 is 0 Å². The molecule has 5 heteroatoms. The highest BCUT2D eigenvalue weighted by atomic mass is 35.5. The van der Waals surface area contributed by atoms with Gasteiger partial charge in [0.15, 0.2) is 0 Å². The zero-order valence-electron chi connectivity index (χ0n) is 6.73. The van der Waals surface area contributed by atoms with Crippen molar-refractivity contribution >= 4 is 17.3 Å². The van der Waals surface area contributed by atoms with E-state index in [1.54, 1.807) is 6.07 Å². The van der Waals surface area contributed by atoms with Crippen molar-refractivity contribution in [1.82, 2.24) is 0 Å². The molecule has 0 saturated carbocycles. The molecule has 0 aromatic heterocycles. The Morgan fingerprint density at radius 3 is 2.62 bits per heavy atom. The number of anilines is 1. The SMILES string of the molecule is NNc1ccc(CCl)cc1C(F)F. The van der Waals surface area contributed by atoms with Crippen molar-refractivity contribution in [2.24, 2.45) is 5.84 Å². The Kier molecular flexibility index (Phi) is 3.45. The molecule has 0 saturated heterocycles. The first-order valence-electron chi connectivity index (χ1n) is 3.62. The number of nitrogen functional groups attached to an aromatic ring is 1. The zero-order chi connectivity index (χ0) is 9.84. The monoisotopic (exact) mass is 206 g/mol. The minimum Gasteiger partial charge on any atom is -0.324 e. The van der Waals surface area contributed by atoms with Gasteiger partial charge >= 0.3 is 0 Å². The molecule has 13 heavy (non-hydrogen) atoms. The van der Waals surface area contributed by atoms with Gasteiger partial charge in [-0.05, 0) is 17.7 Å². The van der Waals surface area contributed by atoms with Crippen LogP contribution in [0.15, 0.2) is 18.2 Å². The molecule has 1 rings (SSSR count). The maximum Gasteiger partial charge on any atom is 0.265 e. The molecule has 0 spiro atoms. The van der Waals surface area contributed by atoms with Crippen molar-refractivity contribution in [3.63, 3.8) is 0 Å². The number of halogens is 3. The average Bonchev–Trinajstić information content (AvgIpc) is 2.16. The van der Waals surface area contributed by atoms with E-state index in [2.05, 4.69) is 5.43 Å². The fraction of sp³-hybridized carbons (Fsp3) is 0.250. The second-order valence-electron chi connectivity index (χ2n) is 2.50. The number of rotatable bonds is 3. The first kappa shape index (κ1) is 10.2. The maximum absolute atomic E-state index is 12.4. The van der Waals surface area contributed by atoms with Crippen molar-refractivity contribution < 1.29 is 8.78 Å². The fourth-order valence-electron chi connectivity index (χ4n) is 1.01. The van der Waals surface area contributed by atoms with Crippen LogP contribution in [0.5, 0.6) is 0 Å². The summed E-state index contributed by atoms with van der Waals surface area (Å²) in [6.07, 6.45) is -2.55. The number of alkyl halides is 3. The third kappa shape index (κ3) is 2.29. The number of hydrogen-bond acceptors (Lipinski definition) is 2.